The molecular weight excluding hydrogens is 248 g/mol. The van der Waals surface area contributed by atoms with Gasteiger partial charge in [-0.05, 0) is 32.0 Å². The third-order valence-electron chi connectivity index (χ3n) is 2.57. The minimum absolute atomic E-state index is 0.0366. The van der Waals surface area contributed by atoms with E-state index in [0.717, 1.165) is 4.90 Å². The second-order valence-corrected chi connectivity index (χ2v) is 5.18. The second-order valence-electron chi connectivity index (χ2n) is 4.13. The quantitative estimate of drug-likeness (QED) is 0.849. The normalized spacial score (nSPS) is 10.6. The van der Waals surface area contributed by atoms with Crippen molar-refractivity contribution >= 4 is 17.7 Å². The SMILES string of the molecule is Cc1ccc(SCc2cc(C)c(C(=O)O)o2)cc1. The van der Waals surface area contributed by atoms with Crippen molar-refractivity contribution in [3.8, 4) is 0 Å². The second kappa shape index (κ2) is 5.31. The molecule has 0 fully saturated rings. The molecule has 0 saturated heterocycles. The Morgan fingerprint density at radius 3 is 2.50 bits per heavy atom. The number of hydrogen-bond donors (Lipinski definition) is 1. The highest BCUT2D eigenvalue weighted by Gasteiger charge is 2.14. The molecule has 0 aliphatic heterocycles. The Hall–Kier alpha value is -1.68. The predicted octanol–water partition coefficient (Wildman–Crippen LogP) is 3.89. The molecule has 0 radical (unpaired) electrons. The fourth-order valence-electron chi connectivity index (χ4n) is 1.62. The number of carboxylic acids is 1. The zero-order chi connectivity index (χ0) is 13.1. The summed E-state index contributed by atoms with van der Waals surface area (Å²) in [5.74, 6) is 0.348. The lowest BCUT2D eigenvalue weighted by atomic mass is 10.2. The monoisotopic (exact) mass is 262 g/mol. The van der Waals surface area contributed by atoms with Crippen LogP contribution in [-0.4, -0.2) is 11.1 Å². The van der Waals surface area contributed by atoms with Crippen molar-refractivity contribution in [2.45, 2.75) is 24.5 Å². The van der Waals surface area contributed by atoms with E-state index in [4.69, 9.17) is 9.52 Å². The first-order valence-corrected chi connectivity index (χ1v) is 6.57. The number of aryl methyl sites for hydroxylation is 2. The summed E-state index contributed by atoms with van der Waals surface area (Å²) in [5, 5.41) is 8.89. The summed E-state index contributed by atoms with van der Waals surface area (Å²) in [4.78, 5) is 12.0. The van der Waals surface area contributed by atoms with Crippen LogP contribution in [0.25, 0.3) is 0 Å². The molecule has 2 rings (SSSR count). The van der Waals surface area contributed by atoms with Gasteiger partial charge in [0, 0.05) is 10.5 Å². The Labute approximate surface area is 110 Å². The molecular formula is C14H14O3S. The van der Waals surface area contributed by atoms with Gasteiger partial charge in [0.25, 0.3) is 0 Å². The molecule has 1 aromatic carbocycles. The molecule has 0 aliphatic carbocycles. The topological polar surface area (TPSA) is 50.4 Å². The number of furan rings is 1. The molecule has 18 heavy (non-hydrogen) atoms. The Balaban J connectivity index is 2.04. The molecule has 1 N–H and O–H groups in total. The molecule has 0 spiro atoms. The van der Waals surface area contributed by atoms with E-state index < -0.39 is 5.97 Å². The summed E-state index contributed by atoms with van der Waals surface area (Å²) in [6.45, 7) is 3.79. The molecule has 4 heteroatoms. The number of thioether (sulfide) groups is 1. The van der Waals surface area contributed by atoms with Crippen LogP contribution in [0.5, 0.6) is 0 Å². The molecule has 0 bridgehead atoms. The van der Waals surface area contributed by atoms with Crippen molar-refractivity contribution in [2.75, 3.05) is 0 Å². The third-order valence-corrected chi connectivity index (χ3v) is 3.60. The van der Waals surface area contributed by atoms with Gasteiger partial charge in [-0.15, -0.1) is 11.8 Å². The van der Waals surface area contributed by atoms with Crippen molar-refractivity contribution < 1.29 is 14.3 Å². The summed E-state index contributed by atoms with van der Waals surface area (Å²) in [7, 11) is 0. The standard InChI is InChI=1S/C14H14O3S/c1-9-3-5-12(6-4-9)18-8-11-7-10(2)13(17-11)14(15)16/h3-7H,8H2,1-2H3,(H,15,16). The van der Waals surface area contributed by atoms with Crippen LogP contribution in [0.2, 0.25) is 0 Å². The lowest BCUT2D eigenvalue weighted by Crippen LogP contribution is -1.94. The Morgan fingerprint density at radius 2 is 1.94 bits per heavy atom. The predicted molar refractivity (Wildman–Crippen MR) is 71.1 cm³/mol. The van der Waals surface area contributed by atoms with E-state index in [2.05, 4.69) is 12.1 Å². The van der Waals surface area contributed by atoms with Crippen molar-refractivity contribution in [3.05, 3.63) is 53.0 Å². The Morgan fingerprint density at radius 1 is 1.28 bits per heavy atom. The van der Waals surface area contributed by atoms with Gasteiger partial charge in [0.2, 0.25) is 5.76 Å². The van der Waals surface area contributed by atoms with Gasteiger partial charge in [-0.3, -0.25) is 0 Å². The lowest BCUT2D eigenvalue weighted by molar-refractivity contribution is 0.0659. The van der Waals surface area contributed by atoms with E-state index in [1.54, 1.807) is 24.8 Å². The number of aromatic carboxylic acids is 1. The maximum absolute atomic E-state index is 10.8. The van der Waals surface area contributed by atoms with Crippen molar-refractivity contribution in [1.29, 1.82) is 0 Å². The van der Waals surface area contributed by atoms with Crippen LogP contribution >= 0.6 is 11.8 Å². The maximum atomic E-state index is 10.8. The fraction of sp³-hybridized carbons (Fsp3) is 0.214. The van der Waals surface area contributed by atoms with Gasteiger partial charge in [-0.2, -0.15) is 0 Å². The molecule has 1 heterocycles. The zero-order valence-corrected chi connectivity index (χ0v) is 11.1. The average molecular weight is 262 g/mol. The summed E-state index contributed by atoms with van der Waals surface area (Å²) in [6, 6.07) is 9.99. The van der Waals surface area contributed by atoms with E-state index in [1.165, 1.54) is 5.56 Å². The molecule has 0 amide bonds. The number of carbonyl (C=O) groups is 1. The molecule has 0 atom stereocenters. The van der Waals surface area contributed by atoms with E-state index in [1.807, 2.05) is 19.1 Å². The number of carboxylic acid groups (broad SMARTS) is 1. The minimum atomic E-state index is -1.01. The van der Waals surface area contributed by atoms with Gasteiger partial charge < -0.3 is 9.52 Å². The molecule has 1 aromatic heterocycles. The first-order valence-electron chi connectivity index (χ1n) is 5.58. The van der Waals surface area contributed by atoms with Crippen molar-refractivity contribution in [2.24, 2.45) is 0 Å². The highest BCUT2D eigenvalue weighted by Crippen LogP contribution is 2.25. The van der Waals surface area contributed by atoms with Crippen LogP contribution in [0.15, 0.2) is 39.6 Å². The third kappa shape index (κ3) is 2.96. The van der Waals surface area contributed by atoms with Crippen LogP contribution in [0.1, 0.15) is 27.4 Å². The smallest absolute Gasteiger partial charge is 0.372 e. The first-order chi connectivity index (χ1) is 8.56. The number of rotatable bonds is 4. The molecule has 0 aliphatic rings. The largest absolute Gasteiger partial charge is 0.475 e. The van der Waals surface area contributed by atoms with Gasteiger partial charge in [-0.25, -0.2) is 4.79 Å². The van der Waals surface area contributed by atoms with Gasteiger partial charge in [0.15, 0.2) is 0 Å². The minimum Gasteiger partial charge on any atom is -0.475 e. The van der Waals surface area contributed by atoms with Crippen LogP contribution in [-0.2, 0) is 5.75 Å². The maximum Gasteiger partial charge on any atom is 0.372 e. The average Bonchev–Trinajstić information content (AvgIpc) is 2.70. The highest BCUT2D eigenvalue weighted by molar-refractivity contribution is 7.98. The van der Waals surface area contributed by atoms with Crippen LogP contribution in [0, 0.1) is 13.8 Å². The van der Waals surface area contributed by atoms with Crippen LogP contribution in [0.3, 0.4) is 0 Å². The molecule has 0 unspecified atom stereocenters. The molecule has 94 valence electrons. The molecule has 0 saturated carbocycles. The first kappa shape index (κ1) is 12.8. The summed E-state index contributed by atoms with van der Waals surface area (Å²) in [5.41, 5.74) is 1.89. The fourth-order valence-corrected chi connectivity index (χ4v) is 2.40. The van der Waals surface area contributed by atoms with Crippen molar-refractivity contribution in [1.82, 2.24) is 0 Å². The number of hydrogen-bond acceptors (Lipinski definition) is 3. The summed E-state index contributed by atoms with van der Waals surface area (Å²) < 4.78 is 5.30. The number of benzene rings is 1. The van der Waals surface area contributed by atoms with Gasteiger partial charge in [-0.1, -0.05) is 17.7 Å². The molecule has 3 nitrogen and oxygen atoms in total. The van der Waals surface area contributed by atoms with Crippen LogP contribution < -0.4 is 0 Å². The summed E-state index contributed by atoms with van der Waals surface area (Å²) in [6.07, 6.45) is 0. The van der Waals surface area contributed by atoms with E-state index in [9.17, 15) is 4.79 Å². The van der Waals surface area contributed by atoms with Crippen LogP contribution in [0.4, 0.5) is 0 Å². The lowest BCUT2D eigenvalue weighted by Gasteiger charge is -1.99. The van der Waals surface area contributed by atoms with E-state index in [0.29, 0.717) is 17.1 Å². The van der Waals surface area contributed by atoms with Gasteiger partial charge in [0.05, 0.1) is 5.75 Å². The van der Waals surface area contributed by atoms with Gasteiger partial charge in [0.1, 0.15) is 5.76 Å². The van der Waals surface area contributed by atoms with Gasteiger partial charge >= 0.3 is 5.97 Å². The highest BCUT2D eigenvalue weighted by atomic mass is 32.2. The van der Waals surface area contributed by atoms with E-state index in [-0.39, 0.29) is 5.76 Å². The van der Waals surface area contributed by atoms with Crippen molar-refractivity contribution in [3.63, 3.8) is 0 Å². The zero-order valence-electron chi connectivity index (χ0n) is 10.3. The van der Waals surface area contributed by atoms with E-state index >= 15 is 0 Å². The molecule has 2 aromatic rings. The Bertz CT molecular complexity index is 555. The Kier molecular flexibility index (Phi) is 3.77. The summed E-state index contributed by atoms with van der Waals surface area (Å²) >= 11 is 1.63.